The highest BCUT2D eigenvalue weighted by Crippen LogP contribution is 2.29. The lowest BCUT2D eigenvalue weighted by molar-refractivity contribution is -0.130. The van der Waals surface area contributed by atoms with Crippen LogP contribution >= 0.6 is 34.7 Å². The van der Waals surface area contributed by atoms with Gasteiger partial charge in [-0.15, -0.1) is 10.2 Å². The fourth-order valence-corrected chi connectivity index (χ4v) is 5.83. The summed E-state index contributed by atoms with van der Waals surface area (Å²) in [5.41, 5.74) is 0.861. The van der Waals surface area contributed by atoms with Crippen LogP contribution < -0.4 is 10.2 Å². The normalized spacial score (nSPS) is 17.2. The van der Waals surface area contributed by atoms with Gasteiger partial charge in [0.05, 0.1) is 12.2 Å². The van der Waals surface area contributed by atoms with E-state index in [9.17, 15) is 9.59 Å². The van der Waals surface area contributed by atoms with Crippen LogP contribution in [0.15, 0.2) is 28.6 Å². The topological polar surface area (TPSA) is 78.4 Å². The van der Waals surface area contributed by atoms with Gasteiger partial charge in [0.25, 0.3) is 0 Å². The highest BCUT2D eigenvalue weighted by atomic mass is 35.5. The molecule has 7 nitrogen and oxygen atoms in total. The Morgan fingerprint density at radius 2 is 1.87 bits per heavy atom. The van der Waals surface area contributed by atoms with Gasteiger partial charge in [-0.1, -0.05) is 65.7 Å². The number of hydrogen-bond acceptors (Lipinski definition) is 7. The quantitative estimate of drug-likeness (QED) is 0.614. The van der Waals surface area contributed by atoms with Crippen LogP contribution in [0.2, 0.25) is 5.02 Å². The summed E-state index contributed by atoms with van der Waals surface area (Å²) in [7, 11) is 0. The summed E-state index contributed by atoms with van der Waals surface area (Å²) in [4.78, 5) is 28.8. The Kier molecular flexibility index (Phi) is 7.68. The number of hydrogen-bond donors (Lipinski definition) is 1. The number of anilines is 1. The molecule has 10 heteroatoms. The van der Waals surface area contributed by atoms with Crippen LogP contribution in [0.3, 0.4) is 0 Å². The van der Waals surface area contributed by atoms with E-state index in [0.717, 1.165) is 41.0 Å². The van der Waals surface area contributed by atoms with E-state index in [2.05, 4.69) is 20.4 Å². The third-order valence-electron chi connectivity index (χ3n) is 5.65. The van der Waals surface area contributed by atoms with E-state index in [1.54, 1.807) is 0 Å². The first-order chi connectivity index (χ1) is 15.1. The second-order valence-electron chi connectivity index (χ2n) is 7.82. The maximum atomic E-state index is 12.6. The van der Waals surface area contributed by atoms with Crippen molar-refractivity contribution in [2.75, 3.05) is 36.8 Å². The number of nitrogens with zero attached hydrogens (tertiary/aromatic N) is 4. The summed E-state index contributed by atoms with van der Waals surface area (Å²) in [6.07, 6.45) is 4.91. The molecule has 2 amide bonds. The van der Waals surface area contributed by atoms with Crippen molar-refractivity contribution in [2.24, 2.45) is 0 Å². The molecule has 31 heavy (non-hydrogen) atoms. The van der Waals surface area contributed by atoms with Gasteiger partial charge in [0.1, 0.15) is 0 Å². The second-order valence-corrected chi connectivity index (χ2v) is 10.4. The molecular formula is C21H26ClN5O2S2. The molecule has 2 aromatic rings. The molecule has 1 N–H and O–H groups in total. The molecule has 0 radical (unpaired) electrons. The van der Waals surface area contributed by atoms with E-state index >= 15 is 0 Å². The van der Waals surface area contributed by atoms with Crippen molar-refractivity contribution < 1.29 is 9.59 Å². The van der Waals surface area contributed by atoms with Crippen LogP contribution in [0.25, 0.3) is 0 Å². The van der Waals surface area contributed by atoms with Gasteiger partial charge in [0.15, 0.2) is 4.34 Å². The first-order valence-corrected chi connectivity index (χ1v) is 12.8. The summed E-state index contributed by atoms with van der Waals surface area (Å²) in [5.74, 6) is 0.531. The number of benzene rings is 1. The van der Waals surface area contributed by atoms with Crippen molar-refractivity contribution in [3.8, 4) is 0 Å². The van der Waals surface area contributed by atoms with Gasteiger partial charge in [0.2, 0.25) is 16.9 Å². The summed E-state index contributed by atoms with van der Waals surface area (Å²) in [6, 6.07) is 7.81. The zero-order valence-electron chi connectivity index (χ0n) is 17.3. The van der Waals surface area contributed by atoms with Gasteiger partial charge in [-0.05, 0) is 24.5 Å². The van der Waals surface area contributed by atoms with E-state index in [1.165, 1.54) is 35.9 Å². The molecule has 0 spiro atoms. The third kappa shape index (κ3) is 6.11. The van der Waals surface area contributed by atoms with Crippen molar-refractivity contribution in [3.05, 3.63) is 34.9 Å². The first-order valence-electron chi connectivity index (χ1n) is 10.6. The molecule has 1 aromatic carbocycles. The van der Waals surface area contributed by atoms with E-state index in [0.29, 0.717) is 36.3 Å². The summed E-state index contributed by atoms with van der Waals surface area (Å²) in [6.45, 7) is 2.73. The molecule has 1 aliphatic heterocycles. The smallest absolute Gasteiger partial charge is 0.230 e. The Morgan fingerprint density at radius 1 is 1.13 bits per heavy atom. The predicted molar refractivity (Wildman–Crippen MR) is 125 cm³/mol. The van der Waals surface area contributed by atoms with Gasteiger partial charge in [0, 0.05) is 37.2 Å². The number of carbonyl (C=O) groups is 2. The summed E-state index contributed by atoms with van der Waals surface area (Å²) < 4.78 is 0.800. The number of carbonyl (C=O) groups excluding carboxylic acids is 2. The highest BCUT2D eigenvalue weighted by molar-refractivity contribution is 8.01. The minimum absolute atomic E-state index is 0.0688. The van der Waals surface area contributed by atoms with Gasteiger partial charge in [-0.3, -0.25) is 9.59 Å². The maximum absolute atomic E-state index is 12.6. The first kappa shape index (κ1) is 22.4. The van der Waals surface area contributed by atoms with Gasteiger partial charge in [-0.25, -0.2) is 0 Å². The number of thioether (sulfide) groups is 1. The number of halogens is 1. The number of nitrogens with one attached hydrogen (secondary N) is 1. The molecule has 2 aliphatic rings. The molecule has 0 unspecified atom stereocenters. The van der Waals surface area contributed by atoms with Gasteiger partial charge >= 0.3 is 0 Å². The SMILES string of the molecule is O=C(CSc1nnc(N2CCN(C(=O)Cc3ccccc3Cl)CC2)s1)NC1CCCC1. The van der Waals surface area contributed by atoms with E-state index < -0.39 is 0 Å². The molecule has 2 heterocycles. The molecule has 4 rings (SSSR count). The predicted octanol–water partition coefficient (Wildman–Crippen LogP) is 3.23. The number of aromatic nitrogens is 2. The molecule has 166 valence electrons. The Labute approximate surface area is 195 Å². The molecule has 1 saturated heterocycles. The van der Waals surface area contributed by atoms with E-state index in [4.69, 9.17) is 11.6 Å². The van der Waals surface area contributed by atoms with Crippen LogP contribution in [0, 0.1) is 0 Å². The molecular weight excluding hydrogens is 454 g/mol. The molecule has 1 saturated carbocycles. The lowest BCUT2D eigenvalue weighted by Crippen LogP contribution is -2.49. The van der Waals surface area contributed by atoms with E-state index in [-0.39, 0.29) is 11.8 Å². The monoisotopic (exact) mass is 479 g/mol. The van der Waals surface area contributed by atoms with Crippen LogP contribution in [0.4, 0.5) is 5.13 Å². The zero-order chi connectivity index (χ0) is 21.6. The number of amides is 2. The fraction of sp³-hybridized carbons (Fsp3) is 0.524. The molecule has 0 bridgehead atoms. The Hall–Kier alpha value is -1.84. The minimum atomic E-state index is 0.0688. The Bertz CT molecular complexity index is 911. The van der Waals surface area contributed by atoms with Gasteiger partial charge < -0.3 is 15.1 Å². The van der Waals surface area contributed by atoms with Crippen LogP contribution in [-0.2, 0) is 16.0 Å². The standard InChI is InChI=1S/C21H26ClN5O2S2/c22-17-8-4-1-5-15(17)13-19(29)26-9-11-27(12-10-26)20-24-25-21(31-20)30-14-18(28)23-16-6-2-3-7-16/h1,4-5,8,16H,2-3,6-7,9-14H2,(H,23,28). The maximum Gasteiger partial charge on any atom is 0.230 e. The van der Waals surface area contributed by atoms with Crippen LogP contribution in [0.5, 0.6) is 0 Å². The largest absolute Gasteiger partial charge is 0.353 e. The van der Waals surface area contributed by atoms with E-state index in [1.807, 2.05) is 29.2 Å². The van der Waals surface area contributed by atoms with Crippen molar-refractivity contribution >= 4 is 51.6 Å². The van der Waals surface area contributed by atoms with Crippen molar-refractivity contribution in [1.29, 1.82) is 0 Å². The fourth-order valence-electron chi connectivity index (χ4n) is 3.92. The van der Waals surface area contributed by atoms with Crippen molar-refractivity contribution in [3.63, 3.8) is 0 Å². The lowest BCUT2D eigenvalue weighted by Gasteiger charge is -2.34. The molecule has 1 aromatic heterocycles. The van der Waals surface area contributed by atoms with Crippen molar-refractivity contribution in [1.82, 2.24) is 20.4 Å². The minimum Gasteiger partial charge on any atom is -0.353 e. The average molecular weight is 480 g/mol. The van der Waals surface area contributed by atoms with Crippen LogP contribution in [0.1, 0.15) is 31.2 Å². The Balaban J connectivity index is 1.22. The Morgan fingerprint density at radius 3 is 2.61 bits per heavy atom. The summed E-state index contributed by atoms with van der Waals surface area (Å²) >= 11 is 9.12. The van der Waals surface area contributed by atoms with Crippen LogP contribution in [-0.4, -0.2) is 64.9 Å². The molecule has 0 atom stereocenters. The van der Waals surface area contributed by atoms with Gasteiger partial charge in [-0.2, -0.15) is 0 Å². The third-order valence-corrected chi connectivity index (χ3v) is 8.13. The molecule has 2 fully saturated rings. The summed E-state index contributed by atoms with van der Waals surface area (Å²) in [5, 5.41) is 13.1. The highest BCUT2D eigenvalue weighted by Gasteiger charge is 2.24. The number of piperazine rings is 1. The second kappa shape index (κ2) is 10.7. The lowest BCUT2D eigenvalue weighted by atomic mass is 10.1. The average Bonchev–Trinajstić information content (AvgIpc) is 3.46. The van der Waals surface area contributed by atoms with Crippen molar-refractivity contribution in [2.45, 2.75) is 42.5 Å². The molecule has 1 aliphatic carbocycles. The zero-order valence-corrected chi connectivity index (χ0v) is 19.6. The number of rotatable bonds is 7.